The summed E-state index contributed by atoms with van der Waals surface area (Å²) in [5.74, 6) is -0.620. The van der Waals surface area contributed by atoms with Crippen molar-refractivity contribution in [3.8, 4) is 11.3 Å². The Morgan fingerprint density at radius 1 is 0.853 bits per heavy atom. The smallest absolute Gasteiger partial charge is 0.338 e. The van der Waals surface area contributed by atoms with Crippen LogP contribution in [-0.2, 0) is 4.74 Å². The van der Waals surface area contributed by atoms with Crippen molar-refractivity contribution in [1.29, 1.82) is 0 Å². The Morgan fingerprint density at radius 3 is 2.18 bits per heavy atom. The lowest BCUT2D eigenvalue weighted by molar-refractivity contribution is 0.0378. The molecule has 1 heterocycles. The van der Waals surface area contributed by atoms with Crippen LogP contribution in [0.2, 0.25) is 0 Å². The fraction of sp³-hybridized carbons (Fsp3) is 0.207. The Morgan fingerprint density at radius 2 is 1.53 bits per heavy atom. The Balaban J connectivity index is 1.71. The van der Waals surface area contributed by atoms with Gasteiger partial charge in [0.25, 0.3) is 5.91 Å². The number of hydrogen-bond acceptors (Lipinski definition) is 4. The molecule has 4 aromatic rings. The first-order valence-electron chi connectivity index (χ1n) is 11.3. The van der Waals surface area contributed by atoms with Gasteiger partial charge in [0.2, 0.25) is 0 Å². The molecule has 0 atom stereocenters. The van der Waals surface area contributed by atoms with E-state index >= 15 is 0 Å². The molecule has 0 unspecified atom stereocenters. The molecule has 3 aromatic carbocycles. The second-order valence-corrected chi connectivity index (χ2v) is 8.88. The van der Waals surface area contributed by atoms with Crippen molar-refractivity contribution >= 4 is 28.5 Å². The average molecular weight is 453 g/mol. The second-order valence-electron chi connectivity index (χ2n) is 8.88. The summed E-state index contributed by atoms with van der Waals surface area (Å²) in [5, 5.41) is 3.77. The topological polar surface area (TPSA) is 68.3 Å². The minimum Gasteiger partial charge on any atom is -0.459 e. The van der Waals surface area contributed by atoms with E-state index in [1.165, 1.54) is 0 Å². The van der Waals surface area contributed by atoms with E-state index < -0.39 is 0 Å². The summed E-state index contributed by atoms with van der Waals surface area (Å²) < 4.78 is 5.23. The normalized spacial score (nSPS) is 11.0. The predicted molar refractivity (Wildman–Crippen MR) is 136 cm³/mol. The summed E-state index contributed by atoms with van der Waals surface area (Å²) in [4.78, 5) is 30.4. The van der Waals surface area contributed by atoms with E-state index in [1.54, 1.807) is 38.1 Å². The van der Waals surface area contributed by atoms with E-state index in [1.807, 2.05) is 57.2 Å². The molecule has 0 fully saturated rings. The molecule has 1 N–H and O–H groups in total. The summed E-state index contributed by atoms with van der Waals surface area (Å²) in [6, 6.07) is 20.7. The highest BCUT2D eigenvalue weighted by Crippen LogP contribution is 2.29. The van der Waals surface area contributed by atoms with Crippen LogP contribution >= 0.6 is 0 Å². The van der Waals surface area contributed by atoms with Crippen LogP contribution in [0.1, 0.15) is 51.3 Å². The molecule has 0 saturated carbocycles. The fourth-order valence-electron chi connectivity index (χ4n) is 3.91. The molecular formula is C29H28N2O3. The lowest BCUT2D eigenvalue weighted by Gasteiger charge is -2.13. The van der Waals surface area contributed by atoms with Crippen LogP contribution in [0, 0.1) is 20.8 Å². The van der Waals surface area contributed by atoms with Crippen LogP contribution in [0.4, 0.5) is 5.69 Å². The molecular weight excluding hydrogens is 424 g/mol. The maximum Gasteiger partial charge on any atom is 0.338 e. The van der Waals surface area contributed by atoms with Gasteiger partial charge in [0.1, 0.15) is 0 Å². The molecule has 5 nitrogen and oxygen atoms in total. The van der Waals surface area contributed by atoms with Crippen molar-refractivity contribution in [3.63, 3.8) is 0 Å². The molecule has 34 heavy (non-hydrogen) atoms. The number of aromatic nitrogens is 1. The summed E-state index contributed by atoms with van der Waals surface area (Å²) in [7, 11) is 0. The highest BCUT2D eigenvalue weighted by Gasteiger charge is 2.17. The SMILES string of the molecule is Cc1ccc(-c2cc(C(=O)Nc3ccc(C(=O)OC(C)C)cc3)c3cc(C)cc(C)c3n2)cc1. The van der Waals surface area contributed by atoms with E-state index in [9.17, 15) is 9.59 Å². The van der Waals surface area contributed by atoms with Gasteiger partial charge in [0.15, 0.2) is 0 Å². The van der Waals surface area contributed by atoms with E-state index in [-0.39, 0.29) is 18.0 Å². The van der Waals surface area contributed by atoms with Crippen molar-refractivity contribution in [2.45, 2.75) is 40.7 Å². The number of carbonyl (C=O) groups excluding carboxylic acids is 2. The number of amides is 1. The molecule has 1 amide bonds. The van der Waals surface area contributed by atoms with Crippen LogP contribution < -0.4 is 5.32 Å². The zero-order valence-electron chi connectivity index (χ0n) is 20.1. The van der Waals surface area contributed by atoms with Gasteiger partial charge >= 0.3 is 5.97 Å². The van der Waals surface area contributed by atoms with Gasteiger partial charge in [0, 0.05) is 16.6 Å². The van der Waals surface area contributed by atoms with Crippen LogP contribution in [0.5, 0.6) is 0 Å². The van der Waals surface area contributed by atoms with Crippen LogP contribution in [0.3, 0.4) is 0 Å². The van der Waals surface area contributed by atoms with Crippen molar-refractivity contribution < 1.29 is 14.3 Å². The number of aryl methyl sites for hydroxylation is 3. The van der Waals surface area contributed by atoms with Crippen LogP contribution in [-0.4, -0.2) is 23.0 Å². The quantitative estimate of drug-likeness (QED) is 0.345. The van der Waals surface area contributed by atoms with E-state index in [0.717, 1.165) is 38.9 Å². The number of fused-ring (bicyclic) bond motifs is 1. The zero-order chi connectivity index (χ0) is 24.4. The molecule has 0 bridgehead atoms. The van der Waals surface area contributed by atoms with E-state index in [2.05, 4.69) is 11.4 Å². The third kappa shape index (κ3) is 4.99. The largest absolute Gasteiger partial charge is 0.459 e. The standard InChI is InChI=1S/C29H28N2O3/c1-17(2)34-29(33)22-10-12-23(13-11-22)30-28(32)25-16-26(21-8-6-18(3)7-9-21)31-27-20(5)14-19(4)15-24(25)27/h6-17H,1-5H3,(H,30,32). The van der Waals surface area contributed by atoms with Gasteiger partial charge in [-0.3, -0.25) is 4.79 Å². The molecule has 0 spiro atoms. The fourth-order valence-corrected chi connectivity index (χ4v) is 3.91. The summed E-state index contributed by atoms with van der Waals surface area (Å²) in [6.07, 6.45) is -0.193. The number of benzene rings is 3. The highest BCUT2D eigenvalue weighted by atomic mass is 16.5. The van der Waals surface area contributed by atoms with E-state index in [0.29, 0.717) is 16.8 Å². The molecule has 0 aliphatic heterocycles. The van der Waals surface area contributed by atoms with Crippen LogP contribution in [0.15, 0.2) is 66.7 Å². The van der Waals surface area contributed by atoms with Gasteiger partial charge in [-0.1, -0.05) is 41.5 Å². The maximum absolute atomic E-state index is 13.4. The first-order valence-corrected chi connectivity index (χ1v) is 11.3. The van der Waals surface area contributed by atoms with Gasteiger partial charge in [-0.2, -0.15) is 0 Å². The Kier molecular flexibility index (Phi) is 6.46. The summed E-state index contributed by atoms with van der Waals surface area (Å²) in [5.41, 5.74) is 7.34. The lowest BCUT2D eigenvalue weighted by Crippen LogP contribution is -2.14. The first-order chi connectivity index (χ1) is 16.2. The van der Waals surface area contributed by atoms with Gasteiger partial charge in [-0.05, 0) is 76.6 Å². The number of hydrogen-bond donors (Lipinski definition) is 1. The first kappa shape index (κ1) is 23.2. The molecule has 1 aromatic heterocycles. The molecule has 0 aliphatic rings. The number of ether oxygens (including phenoxy) is 1. The van der Waals surface area contributed by atoms with Gasteiger partial charge in [0.05, 0.1) is 28.4 Å². The molecule has 5 heteroatoms. The van der Waals surface area contributed by atoms with Crippen molar-refractivity contribution in [1.82, 2.24) is 4.98 Å². The molecule has 4 rings (SSSR count). The monoisotopic (exact) mass is 452 g/mol. The van der Waals surface area contributed by atoms with Gasteiger partial charge in [-0.15, -0.1) is 0 Å². The summed E-state index contributed by atoms with van der Waals surface area (Å²) in [6.45, 7) is 9.67. The number of rotatable bonds is 5. The van der Waals surface area contributed by atoms with Crippen molar-refractivity contribution in [2.75, 3.05) is 5.32 Å². The Hall–Kier alpha value is -3.99. The van der Waals surface area contributed by atoms with Crippen molar-refractivity contribution in [3.05, 3.63) is 94.5 Å². The molecule has 0 radical (unpaired) electrons. The molecule has 0 saturated heterocycles. The number of anilines is 1. The number of esters is 1. The second kappa shape index (κ2) is 9.48. The summed E-state index contributed by atoms with van der Waals surface area (Å²) >= 11 is 0. The average Bonchev–Trinajstić information content (AvgIpc) is 2.79. The number of nitrogens with zero attached hydrogens (tertiary/aromatic N) is 1. The third-order valence-electron chi connectivity index (χ3n) is 5.56. The minimum absolute atomic E-state index is 0.193. The predicted octanol–water partition coefficient (Wildman–Crippen LogP) is 6.64. The third-order valence-corrected chi connectivity index (χ3v) is 5.56. The Labute approximate surface area is 199 Å². The number of carbonyl (C=O) groups is 2. The number of pyridine rings is 1. The van der Waals surface area contributed by atoms with Crippen molar-refractivity contribution in [2.24, 2.45) is 0 Å². The lowest BCUT2D eigenvalue weighted by atomic mass is 9.99. The highest BCUT2D eigenvalue weighted by molar-refractivity contribution is 6.13. The van der Waals surface area contributed by atoms with Crippen LogP contribution in [0.25, 0.3) is 22.2 Å². The van der Waals surface area contributed by atoms with E-state index in [4.69, 9.17) is 9.72 Å². The van der Waals surface area contributed by atoms with Gasteiger partial charge in [-0.25, -0.2) is 9.78 Å². The zero-order valence-corrected chi connectivity index (χ0v) is 20.1. The maximum atomic E-state index is 13.4. The molecule has 172 valence electrons. The Bertz CT molecular complexity index is 1370. The minimum atomic E-state index is -0.387. The number of nitrogens with one attached hydrogen (secondary N) is 1. The molecule has 0 aliphatic carbocycles. The van der Waals surface area contributed by atoms with Gasteiger partial charge < -0.3 is 10.1 Å².